The lowest BCUT2D eigenvalue weighted by molar-refractivity contribution is -0.154. The first kappa shape index (κ1) is 39.0. The Labute approximate surface area is 321 Å². The summed E-state index contributed by atoms with van der Waals surface area (Å²) in [4.78, 5) is 62.0. The Kier molecular flexibility index (Phi) is 11.7. The van der Waals surface area contributed by atoms with Crippen LogP contribution in [0.25, 0.3) is 0 Å². The number of aromatic nitrogens is 4. The monoisotopic (exact) mass is 791 g/mol. The molecule has 290 valence electrons. The number of nitrogens with zero attached hydrogens (tertiary/aromatic N) is 4. The third kappa shape index (κ3) is 10.7. The van der Waals surface area contributed by atoms with Crippen LogP contribution in [0.4, 0.5) is 36.4 Å². The Morgan fingerprint density at radius 1 is 0.857 bits per heavy atom. The van der Waals surface area contributed by atoms with E-state index in [1.54, 1.807) is 36.4 Å². The highest BCUT2D eigenvalue weighted by molar-refractivity contribution is 6.39. The van der Waals surface area contributed by atoms with Crippen LogP contribution in [0.1, 0.15) is 34.3 Å². The summed E-state index contributed by atoms with van der Waals surface area (Å²) in [5.74, 6) is -4.64. The molecule has 1 atom stereocenters. The predicted molar refractivity (Wildman–Crippen MR) is 198 cm³/mol. The lowest BCUT2D eigenvalue weighted by atomic mass is 10.1. The van der Waals surface area contributed by atoms with Gasteiger partial charge in [-0.1, -0.05) is 35.9 Å². The summed E-state index contributed by atoms with van der Waals surface area (Å²) in [6.45, 7) is -1.62. The van der Waals surface area contributed by atoms with Gasteiger partial charge in [-0.05, 0) is 84.6 Å². The van der Waals surface area contributed by atoms with Gasteiger partial charge in [0.05, 0.1) is 5.54 Å². The van der Waals surface area contributed by atoms with Crippen molar-refractivity contribution in [2.45, 2.75) is 37.1 Å². The van der Waals surface area contributed by atoms with Crippen LogP contribution in [-0.4, -0.2) is 73.7 Å². The first-order valence-corrected chi connectivity index (χ1v) is 17.3. The van der Waals surface area contributed by atoms with Crippen molar-refractivity contribution in [3.63, 3.8) is 0 Å². The normalized spacial score (nSPS) is 13.5. The first-order chi connectivity index (χ1) is 26.7. The molecule has 56 heavy (non-hydrogen) atoms. The number of benzene rings is 3. The first-order valence-electron chi connectivity index (χ1n) is 16.9. The standard InChI is InChI=1S/C37H33ClF3N9O6/c38-25-9-7-24(8-10-25)36(15-16-36)49-34-46-33(47-35(48-34)56-21-37(39,40)41)44-27-13-5-23(6-14-27)29(51)45-28(32(54)55)19-42-30(52)31(53)43-26-11-3-22(4-12-26)20-50-17-1-2-18-50/h1-14,17-18,28H,15-16,19-21H2,(H,42,52)(H,43,53)(H,45,51)(H,54,55)(H2,44,46,47,48,49)/t28-/m0/s1. The molecular weight excluding hydrogens is 759 g/mol. The molecule has 6 rings (SSSR count). The van der Waals surface area contributed by atoms with Gasteiger partial charge in [0.15, 0.2) is 6.61 Å². The third-order valence-electron chi connectivity index (χ3n) is 8.40. The summed E-state index contributed by atoms with van der Waals surface area (Å²) in [5.41, 5.74) is 1.96. The minimum Gasteiger partial charge on any atom is -0.480 e. The molecule has 5 aromatic rings. The highest BCUT2D eigenvalue weighted by Gasteiger charge is 2.45. The van der Waals surface area contributed by atoms with E-state index in [1.165, 1.54) is 24.3 Å². The number of alkyl halides is 3. The molecule has 2 heterocycles. The molecule has 19 heteroatoms. The van der Waals surface area contributed by atoms with E-state index in [0.29, 0.717) is 35.8 Å². The van der Waals surface area contributed by atoms with Crippen molar-refractivity contribution in [1.29, 1.82) is 0 Å². The quantitative estimate of drug-likeness (QED) is 0.0771. The molecule has 1 fully saturated rings. The minimum absolute atomic E-state index is 0.0249. The van der Waals surface area contributed by atoms with Gasteiger partial charge < -0.3 is 41.0 Å². The molecule has 0 bridgehead atoms. The number of carboxylic acid groups (broad SMARTS) is 1. The Hall–Kier alpha value is -6.69. The van der Waals surface area contributed by atoms with E-state index in [9.17, 15) is 37.5 Å². The lowest BCUT2D eigenvalue weighted by Gasteiger charge is -2.19. The van der Waals surface area contributed by atoms with Gasteiger partial charge in [0.1, 0.15) is 6.04 Å². The second kappa shape index (κ2) is 16.8. The molecule has 3 amide bonds. The zero-order chi connectivity index (χ0) is 39.9. The number of aliphatic carboxylic acids is 1. The van der Waals surface area contributed by atoms with E-state index in [4.69, 9.17) is 16.3 Å². The Balaban J connectivity index is 1.04. The fourth-order valence-corrected chi connectivity index (χ4v) is 5.52. The highest BCUT2D eigenvalue weighted by Crippen LogP contribution is 2.48. The van der Waals surface area contributed by atoms with Crippen LogP contribution in [0.5, 0.6) is 6.01 Å². The molecule has 0 unspecified atom stereocenters. The van der Waals surface area contributed by atoms with Crippen molar-refractivity contribution in [3.8, 4) is 6.01 Å². The van der Waals surface area contributed by atoms with Gasteiger partial charge in [-0.15, -0.1) is 0 Å². The highest BCUT2D eigenvalue weighted by atomic mass is 35.5. The number of nitrogens with one attached hydrogen (secondary N) is 5. The van der Waals surface area contributed by atoms with Crippen LogP contribution in [0.2, 0.25) is 5.02 Å². The average Bonchev–Trinajstić information content (AvgIpc) is 3.75. The SMILES string of the molecule is O=C(NC[C@H](NC(=O)c1ccc(Nc2nc(NC3(c4ccc(Cl)cc4)CC3)nc(OCC(F)(F)F)n2)cc1)C(=O)O)C(=O)Nc1ccc(Cn2cccc2)cc1. The number of carbonyl (C=O) groups excluding carboxylic acids is 3. The van der Waals surface area contributed by atoms with Gasteiger partial charge in [-0.25, -0.2) is 4.79 Å². The molecule has 1 saturated carbocycles. The molecule has 1 aliphatic rings. The smallest absolute Gasteiger partial charge is 0.422 e. The fourth-order valence-electron chi connectivity index (χ4n) is 5.39. The van der Waals surface area contributed by atoms with E-state index in [0.717, 1.165) is 11.1 Å². The van der Waals surface area contributed by atoms with Gasteiger partial charge in [0.2, 0.25) is 11.9 Å². The van der Waals surface area contributed by atoms with Gasteiger partial charge >= 0.3 is 30.0 Å². The van der Waals surface area contributed by atoms with Crippen LogP contribution >= 0.6 is 11.6 Å². The zero-order valence-electron chi connectivity index (χ0n) is 29.1. The van der Waals surface area contributed by atoms with Crippen molar-refractivity contribution < 1.29 is 42.2 Å². The zero-order valence-corrected chi connectivity index (χ0v) is 29.9. The molecule has 0 radical (unpaired) electrons. The van der Waals surface area contributed by atoms with Gasteiger partial charge in [0, 0.05) is 47.4 Å². The summed E-state index contributed by atoms with van der Waals surface area (Å²) >= 11 is 6.02. The number of hydrogen-bond donors (Lipinski definition) is 6. The van der Waals surface area contributed by atoms with Crippen molar-refractivity contribution in [2.24, 2.45) is 0 Å². The van der Waals surface area contributed by atoms with Crippen LogP contribution in [0.15, 0.2) is 97.3 Å². The molecular formula is C37H33ClF3N9O6. The summed E-state index contributed by atoms with van der Waals surface area (Å²) < 4.78 is 45.6. The number of hydrogen-bond acceptors (Lipinski definition) is 10. The molecule has 15 nitrogen and oxygen atoms in total. The number of halogens is 4. The topological polar surface area (TPSA) is 201 Å². The Morgan fingerprint density at radius 3 is 2.12 bits per heavy atom. The number of amides is 3. The molecule has 2 aromatic heterocycles. The predicted octanol–water partition coefficient (Wildman–Crippen LogP) is 5.10. The van der Waals surface area contributed by atoms with E-state index in [1.807, 2.05) is 41.2 Å². The third-order valence-corrected chi connectivity index (χ3v) is 8.65. The van der Waals surface area contributed by atoms with Gasteiger partial charge in [-0.2, -0.15) is 28.1 Å². The fraction of sp³-hybridized carbons (Fsp3) is 0.216. The van der Waals surface area contributed by atoms with Crippen LogP contribution in [0.3, 0.4) is 0 Å². The number of rotatable bonds is 15. The van der Waals surface area contributed by atoms with Crippen LogP contribution in [-0.2, 0) is 26.5 Å². The number of carbonyl (C=O) groups is 4. The molecule has 3 aromatic carbocycles. The van der Waals surface area contributed by atoms with E-state index in [-0.39, 0.29) is 17.5 Å². The Bertz CT molecular complexity index is 2180. The average molecular weight is 792 g/mol. The van der Waals surface area contributed by atoms with Gasteiger partial charge in [-0.3, -0.25) is 14.4 Å². The molecule has 1 aliphatic carbocycles. The number of anilines is 4. The summed E-state index contributed by atoms with van der Waals surface area (Å²) in [5, 5.41) is 23.2. The molecule has 0 spiro atoms. The maximum Gasteiger partial charge on any atom is 0.422 e. The second-order valence-electron chi connectivity index (χ2n) is 12.7. The van der Waals surface area contributed by atoms with E-state index >= 15 is 0 Å². The van der Waals surface area contributed by atoms with Crippen molar-refractivity contribution in [3.05, 3.63) is 119 Å². The maximum absolute atomic E-state index is 12.9. The van der Waals surface area contributed by atoms with Crippen molar-refractivity contribution in [1.82, 2.24) is 30.2 Å². The Morgan fingerprint density at radius 2 is 1.50 bits per heavy atom. The van der Waals surface area contributed by atoms with Crippen LogP contribution < -0.4 is 31.3 Å². The van der Waals surface area contributed by atoms with Crippen molar-refractivity contribution in [2.75, 3.05) is 29.1 Å². The van der Waals surface area contributed by atoms with Crippen molar-refractivity contribution >= 4 is 58.6 Å². The van der Waals surface area contributed by atoms with Gasteiger partial charge in [0.25, 0.3) is 5.91 Å². The number of carboxylic acids is 1. The lowest BCUT2D eigenvalue weighted by Crippen LogP contribution is -2.50. The molecule has 6 N–H and O–H groups in total. The van der Waals surface area contributed by atoms with Crippen LogP contribution in [0, 0.1) is 0 Å². The molecule has 0 saturated heterocycles. The number of ether oxygens (including phenoxy) is 1. The largest absolute Gasteiger partial charge is 0.480 e. The maximum atomic E-state index is 12.9. The molecule has 0 aliphatic heterocycles. The summed E-state index contributed by atoms with van der Waals surface area (Å²) in [6, 6.07) is 21.0. The summed E-state index contributed by atoms with van der Waals surface area (Å²) in [7, 11) is 0. The van der Waals surface area contributed by atoms with E-state index in [2.05, 4.69) is 41.5 Å². The minimum atomic E-state index is -4.65. The summed E-state index contributed by atoms with van der Waals surface area (Å²) in [6.07, 6.45) is 0.556. The van der Waals surface area contributed by atoms with E-state index < -0.39 is 60.6 Å². The second-order valence-corrected chi connectivity index (χ2v) is 13.1.